The SMILES string of the molecule is [B].[K].c1ccccc1. The largest absolute Gasteiger partial charge is 0.0623 e. The molecule has 34 valence electrons. The molecule has 8 heavy (non-hydrogen) atoms. The van der Waals surface area contributed by atoms with Crippen LogP contribution in [0.4, 0.5) is 0 Å². The molecule has 0 saturated carbocycles. The maximum absolute atomic E-state index is 2.00. The standard InChI is InChI=1S/C6H6.B.K/c1-2-4-6-5-3-1;;/h1-6H;;. The molecule has 0 N–H and O–H groups in total. The summed E-state index contributed by atoms with van der Waals surface area (Å²) >= 11 is 0. The molecule has 1 rings (SSSR count). The Hall–Kier alpha value is 0.921. The third kappa shape index (κ3) is 5.07. The second-order valence-corrected chi connectivity index (χ2v) is 1.15. The molecule has 0 bridgehead atoms. The number of benzene rings is 1. The predicted molar refractivity (Wildman–Crippen MR) is 38.0 cm³/mol. The van der Waals surface area contributed by atoms with Gasteiger partial charge in [0.2, 0.25) is 0 Å². The minimum absolute atomic E-state index is 0. The van der Waals surface area contributed by atoms with E-state index in [1.54, 1.807) is 0 Å². The molecule has 4 radical (unpaired) electrons. The average molecular weight is 128 g/mol. The van der Waals surface area contributed by atoms with E-state index in [4.69, 9.17) is 0 Å². The summed E-state index contributed by atoms with van der Waals surface area (Å²) < 4.78 is 0. The molecule has 0 fully saturated rings. The molecule has 0 aliphatic rings. The van der Waals surface area contributed by atoms with Gasteiger partial charge in [0.05, 0.1) is 0 Å². The van der Waals surface area contributed by atoms with E-state index in [0.29, 0.717) is 0 Å². The molecule has 0 aliphatic heterocycles. The third-order valence-electron chi connectivity index (χ3n) is 0.667. The van der Waals surface area contributed by atoms with Crippen molar-refractivity contribution in [3.05, 3.63) is 36.4 Å². The van der Waals surface area contributed by atoms with Gasteiger partial charge in [-0.05, 0) is 0 Å². The van der Waals surface area contributed by atoms with Gasteiger partial charge < -0.3 is 0 Å². The minimum atomic E-state index is 0. The van der Waals surface area contributed by atoms with Gasteiger partial charge in [0, 0.05) is 59.8 Å². The summed E-state index contributed by atoms with van der Waals surface area (Å²) in [5.74, 6) is 0. The van der Waals surface area contributed by atoms with E-state index in [-0.39, 0.29) is 59.8 Å². The summed E-state index contributed by atoms with van der Waals surface area (Å²) in [6.45, 7) is 0. The van der Waals surface area contributed by atoms with Crippen LogP contribution in [0, 0.1) is 0 Å². The van der Waals surface area contributed by atoms with Gasteiger partial charge in [-0.1, -0.05) is 36.4 Å². The van der Waals surface area contributed by atoms with Gasteiger partial charge in [-0.2, -0.15) is 0 Å². The van der Waals surface area contributed by atoms with Gasteiger partial charge in [0.15, 0.2) is 0 Å². The molecule has 0 heterocycles. The van der Waals surface area contributed by atoms with Gasteiger partial charge in [-0.25, -0.2) is 0 Å². The van der Waals surface area contributed by atoms with Gasteiger partial charge in [0.25, 0.3) is 0 Å². The molecule has 0 unspecified atom stereocenters. The predicted octanol–water partition coefficient (Wildman–Crippen LogP) is 0.925. The molecule has 2 heteroatoms. The molecule has 1 aromatic carbocycles. The van der Waals surface area contributed by atoms with Gasteiger partial charge in [0.1, 0.15) is 0 Å². The summed E-state index contributed by atoms with van der Waals surface area (Å²) in [5.41, 5.74) is 0. The molecule has 0 saturated heterocycles. The summed E-state index contributed by atoms with van der Waals surface area (Å²) in [4.78, 5) is 0. The van der Waals surface area contributed by atoms with Crippen LogP contribution in [-0.4, -0.2) is 59.8 Å². The van der Waals surface area contributed by atoms with Crippen LogP contribution in [0.25, 0.3) is 0 Å². The van der Waals surface area contributed by atoms with Crippen LogP contribution in [0.1, 0.15) is 0 Å². The van der Waals surface area contributed by atoms with Crippen molar-refractivity contribution in [2.24, 2.45) is 0 Å². The zero-order valence-electron chi connectivity index (χ0n) is 5.04. The third-order valence-corrected chi connectivity index (χ3v) is 0.667. The van der Waals surface area contributed by atoms with Crippen molar-refractivity contribution < 1.29 is 0 Å². The minimum Gasteiger partial charge on any atom is -0.0623 e. The summed E-state index contributed by atoms with van der Waals surface area (Å²) in [6.07, 6.45) is 0. The van der Waals surface area contributed by atoms with E-state index in [2.05, 4.69) is 0 Å². The fourth-order valence-electron chi connectivity index (χ4n) is 0.385. The molecule has 1 aromatic rings. The quantitative estimate of drug-likeness (QED) is 0.456. The summed E-state index contributed by atoms with van der Waals surface area (Å²) in [7, 11) is 0. The first kappa shape index (κ1) is 11.7. The van der Waals surface area contributed by atoms with Crippen molar-refractivity contribution in [2.45, 2.75) is 0 Å². The molecular weight excluding hydrogens is 122 g/mol. The Kier molecular flexibility index (Phi) is 11.6. The van der Waals surface area contributed by atoms with Crippen LogP contribution in [0.2, 0.25) is 0 Å². The molecule has 0 aliphatic carbocycles. The zero-order valence-corrected chi connectivity index (χ0v) is 8.16. The van der Waals surface area contributed by atoms with E-state index in [1.165, 1.54) is 0 Å². The molecule has 0 spiro atoms. The van der Waals surface area contributed by atoms with Crippen molar-refractivity contribution in [1.82, 2.24) is 0 Å². The second-order valence-electron chi connectivity index (χ2n) is 1.15. The fourth-order valence-corrected chi connectivity index (χ4v) is 0.385. The van der Waals surface area contributed by atoms with Crippen LogP contribution >= 0.6 is 0 Å². The summed E-state index contributed by atoms with van der Waals surface area (Å²) in [6, 6.07) is 12.0. The molecule has 0 aromatic heterocycles. The van der Waals surface area contributed by atoms with Gasteiger partial charge in [-0.3, -0.25) is 0 Å². The Balaban J connectivity index is 0. The normalized spacial score (nSPS) is 6.00. The van der Waals surface area contributed by atoms with Gasteiger partial charge in [-0.15, -0.1) is 0 Å². The van der Waals surface area contributed by atoms with Crippen LogP contribution in [0.3, 0.4) is 0 Å². The Morgan fingerprint density at radius 3 is 0.750 bits per heavy atom. The van der Waals surface area contributed by atoms with Crippen molar-refractivity contribution in [1.29, 1.82) is 0 Å². The van der Waals surface area contributed by atoms with E-state index >= 15 is 0 Å². The zero-order chi connectivity index (χ0) is 4.24. The van der Waals surface area contributed by atoms with E-state index < -0.39 is 0 Å². The smallest absolute Gasteiger partial charge is 0 e. The number of hydrogen-bond donors (Lipinski definition) is 0. The van der Waals surface area contributed by atoms with Crippen molar-refractivity contribution >= 4 is 59.8 Å². The number of hydrogen-bond acceptors (Lipinski definition) is 0. The van der Waals surface area contributed by atoms with E-state index in [1.807, 2.05) is 36.4 Å². The molecule has 0 atom stereocenters. The maximum Gasteiger partial charge on any atom is 0 e. The first-order chi connectivity index (χ1) is 3.00. The van der Waals surface area contributed by atoms with Crippen LogP contribution in [-0.2, 0) is 0 Å². The second kappa shape index (κ2) is 7.92. The van der Waals surface area contributed by atoms with Crippen LogP contribution in [0.5, 0.6) is 0 Å². The molecule has 0 amide bonds. The topological polar surface area (TPSA) is 0 Å². The Morgan fingerprint density at radius 2 is 0.625 bits per heavy atom. The molecule has 0 nitrogen and oxygen atoms in total. The Labute approximate surface area is 94.7 Å². The maximum atomic E-state index is 2.00. The molecular formula is C6H6BK. The average Bonchev–Trinajstić information content (AvgIpc) is 1.72. The Morgan fingerprint density at radius 1 is 0.500 bits per heavy atom. The summed E-state index contributed by atoms with van der Waals surface area (Å²) in [5, 5.41) is 0. The van der Waals surface area contributed by atoms with E-state index in [9.17, 15) is 0 Å². The van der Waals surface area contributed by atoms with Gasteiger partial charge >= 0.3 is 0 Å². The Bertz CT molecular complexity index is 80.5. The van der Waals surface area contributed by atoms with Crippen molar-refractivity contribution in [2.75, 3.05) is 0 Å². The van der Waals surface area contributed by atoms with Crippen LogP contribution < -0.4 is 0 Å². The van der Waals surface area contributed by atoms with Crippen LogP contribution in [0.15, 0.2) is 36.4 Å². The first-order valence-corrected chi connectivity index (χ1v) is 2.00. The van der Waals surface area contributed by atoms with Crippen molar-refractivity contribution in [3.63, 3.8) is 0 Å². The fraction of sp³-hybridized carbons (Fsp3) is 0. The van der Waals surface area contributed by atoms with E-state index in [0.717, 1.165) is 0 Å². The monoisotopic (exact) mass is 128 g/mol. The number of rotatable bonds is 0. The van der Waals surface area contributed by atoms with Crippen molar-refractivity contribution in [3.8, 4) is 0 Å². The first-order valence-electron chi connectivity index (χ1n) is 2.00.